The molecule has 2 heterocycles. The summed E-state index contributed by atoms with van der Waals surface area (Å²) in [4.78, 5) is 6.92. The van der Waals surface area contributed by atoms with Crippen molar-refractivity contribution in [1.29, 1.82) is 0 Å². The van der Waals surface area contributed by atoms with Gasteiger partial charge in [0.15, 0.2) is 11.5 Å². The van der Waals surface area contributed by atoms with Crippen LogP contribution >= 0.6 is 0 Å². The Morgan fingerprint density at radius 3 is 2.95 bits per heavy atom. The molecular formula is C16H22N2O2. The third kappa shape index (κ3) is 3.02. The van der Waals surface area contributed by atoms with Gasteiger partial charge in [0, 0.05) is 19.0 Å². The molecule has 3 rings (SSSR count). The fourth-order valence-corrected chi connectivity index (χ4v) is 3.01. The number of likely N-dealkylation sites (tertiary alicyclic amines) is 1. The van der Waals surface area contributed by atoms with Crippen LogP contribution < -0.4 is 0 Å². The first kappa shape index (κ1) is 13.6. The predicted octanol–water partition coefficient (Wildman–Crippen LogP) is 2.78. The lowest BCUT2D eigenvalue weighted by atomic mass is 9.96. The van der Waals surface area contributed by atoms with Gasteiger partial charge in [0.2, 0.25) is 0 Å². The van der Waals surface area contributed by atoms with Gasteiger partial charge >= 0.3 is 0 Å². The number of benzene rings is 1. The van der Waals surface area contributed by atoms with Crippen molar-refractivity contribution in [3.63, 3.8) is 0 Å². The Balaban J connectivity index is 1.76. The predicted molar refractivity (Wildman–Crippen MR) is 78.7 cm³/mol. The van der Waals surface area contributed by atoms with Crippen LogP contribution in [0, 0.1) is 0 Å². The zero-order valence-electron chi connectivity index (χ0n) is 12.2. The molecule has 4 nitrogen and oxygen atoms in total. The Bertz CT molecular complexity index is 552. The number of fused-ring (bicyclic) bond motifs is 1. The molecule has 0 saturated carbocycles. The maximum absolute atomic E-state index is 9.96. The largest absolute Gasteiger partial charge is 0.440 e. The van der Waals surface area contributed by atoms with Gasteiger partial charge in [0.1, 0.15) is 5.52 Å². The Labute approximate surface area is 119 Å². The lowest BCUT2D eigenvalue weighted by Gasteiger charge is -2.34. The van der Waals surface area contributed by atoms with E-state index in [1.54, 1.807) is 0 Å². The molecule has 0 amide bonds. The molecule has 1 aliphatic heterocycles. The number of aromatic nitrogens is 1. The van der Waals surface area contributed by atoms with Crippen molar-refractivity contribution in [1.82, 2.24) is 9.88 Å². The number of aliphatic hydroxyl groups is 1. The van der Waals surface area contributed by atoms with Crippen LogP contribution in [0.3, 0.4) is 0 Å². The number of piperidine rings is 1. The van der Waals surface area contributed by atoms with E-state index in [0.29, 0.717) is 12.5 Å². The summed E-state index contributed by atoms with van der Waals surface area (Å²) in [7, 11) is 0. The number of hydrogen-bond donors (Lipinski definition) is 1. The third-order valence-corrected chi connectivity index (χ3v) is 3.78. The van der Waals surface area contributed by atoms with Gasteiger partial charge in [-0.15, -0.1) is 0 Å². The van der Waals surface area contributed by atoms with Crippen molar-refractivity contribution < 1.29 is 9.52 Å². The molecule has 0 bridgehead atoms. The van der Waals surface area contributed by atoms with Crippen LogP contribution in [-0.2, 0) is 0 Å². The maximum atomic E-state index is 9.96. The first-order valence-corrected chi connectivity index (χ1v) is 7.31. The molecular weight excluding hydrogens is 252 g/mol. The van der Waals surface area contributed by atoms with E-state index in [0.717, 1.165) is 42.9 Å². The van der Waals surface area contributed by atoms with Crippen molar-refractivity contribution in [3.05, 3.63) is 30.2 Å². The third-order valence-electron chi connectivity index (χ3n) is 3.78. The molecule has 1 N–H and O–H groups in total. The van der Waals surface area contributed by atoms with Gasteiger partial charge in [-0.3, -0.25) is 4.90 Å². The van der Waals surface area contributed by atoms with E-state index in [9.17, 15) is 5.11 Å². The van der Waals surface area contributed by atoms with Crippen molar-refractivity contribution in [2.24, 2.45) is 0 Å². The second kappa shape index (κ2) is 5.19. The first-order chi connectivity index (χ1) is 9.51. The molecule has 20 heavy (non-hydrogen) atoms. The van der Waals surface area contributed by atoms with Crippen LogP contribution in [0.2, 0.25) is 0 Å². The van der Waals surface area contributed by atoms with Crippen LogP contribution in [0.1, 0.15) is 38.5 Å². The number of β-amino-alcohol motifs (C(OH)–C–C–N with tert-alkyl or cyclic N) is 1. The van der Waals surface area contributed by atoms with Crippen molar-refractivity contribution in [2.75, 3.05) is 19.6 Å². The van der Waals surface area contributed by atoms with Gasteiger partial charge in [-0.25, -0.2) is 4.98 Å². The minimum Gasteiger partial charge on any atom is -0.440 e. The summed E-state index contributed by atoms with van der Waals surface area (Å²) < 4.78 is 5.89. The van der Waals surface area contributed by atoms with E-state index in [4.69, 9.17) is 4.42 Å². The topological polar surface area (TPSA) is 49.5 Å². The maximum Gasteiger partial charge on any atom is 0.199 e. The smallest absolute Gasteiger partial charge is 0.199 e. The molecule has 2 aromatic rings. The molecule has 0 radical (unpaired) electrons. The van der Waals surface area contributed by atoms with Crippen LogP contribution in [-0.4, -0.2) is 40.2 Å². The summed E-state index contributed by atoms with van der Waals surface area (Å²) >= 11 is 0. The average Bonchev–Trinajstić information content (AvgIpc) is 2.80. The normalized spacial score (nSPS) is 21.4. The zero-order chi connectivity index (χ0) is 14.2. The van der Waals surface area contributed by atoms with Crippen molar-refractivity contribution in [3.8, 4) is 0 Å². The molecule has 1 unspecified atom stereocenters. The fraction of sp³-hybridized carbons (Fsp3) is 0.562. The summed E-state index contributed by atoms with van der Waals surface area (Å²) in [5, 5.41) is 9.96. The monoisotopic (exact) mass is 274 g/mol. The molecule has 0 spiro atoms. The van der Waals surface area contributed by atoms with E-state index in [2.05, 4.69) is 9.88 Å². The van der Waals surface area contributed by atoms with Crippen molar-refractivity contribution >= 4 is 11.1 Å². The summed E-state index contributed by atoms with van der Waals surface area (Å²) in [5.41, 5.74) is 1.15. The zero-order valence-corrected chi connectivity index (χ0v) is 12.2. The highest BCUT2D eigenvalue weighted by molar-refractivity contribution is 5.72. The Hall–Kier alpha value is -1.39. The van der Waals surface area contributed by atoms with E-state index >= 15 is 0 Å². The Morgan fingerprint density at radius 1 is 1.40 bits per heavy atom. The molecule has 1 aromatic heterocycles. The van der Waals surface area contributed by atoms with Gasteiger partial charge in [0.25, 0.3) is 0 Å². The Kier molecular flexibility index (Phi) is 3.52. The van der Waals surface area contributed by atoms with Crippen LogP contribution in [0.15, 0.2) is 28.7 Å². The van der Waals surface area contributed by atoms with E-state index < -0.39 is 5.60 Å². The molecule has 1 aliphatic rings. The highest BCUT2D eigenvalue weighted by atomic mass is 16.3. The van der Waals surface area contributed by atoms with Crippen molar-refractivity contribution in [2.45, 2.75) is 38.2 Å². The minimum atomic E-state index is -0.650. The van der Waals surface area contributed by atoms with E-state index in [1.807, 2.05) is 38.1 Å². The second-order valence-electron chi connectivity index (χ2n) is 6.41. The second-order valence-corrected chi connectivity index (χ2v) is 6.41. The van der Waals surface area contributed by atoms with Gasteiger partial charge in [-0.2, -0.15) is 0 Å². The number of nitrogens with zero attached hydrogens (tertiary/aromatic N) is 2. The standard InChI is InChI=1S/C16H22N2O2/c1-16(2,19)11-18-9-5-6-12(10-18)15-17-13-7-3-4-8-14(13)20-15/h3-4,7-8,12,19H,5-6,9-11H2,1-2H3. The van der Waals surface area contributed by atoms with Gasteiger partial charge in [-0.1, -0.05) is 12.1 Å². The van der Waals surface area contributed by atoms with Gasteiger partial charge < -0.3 is 9.52 Å². The number of rotatable bonds is 3. The Morgan fingerprint density at radius 2 is 2.20 bits per heavy atom. The van der Waals surface area contributed by atoms with Gasteiger partial charge in [-0.05, 0) is 45.4 Å². The molecule has 1 aromatic carbocycles. The summed E-state index contributed by atoms with van der Waals surface area (Å²) in [6.45, 7) is 6.37. The molecule has 108 valence electrons. The lowest BCUT2D eigenvalue weighted by molar-refractivity contribution is 0.0258. The number of oxazole rings is 1. The van der Waals surface area contributed by atoms with Crippen LogP contribution in [0.25, 0.3) is 11.1 Å². The molecule has 1 fully saturated rings. The fourth-order valence-electron chi connectivity index (χ4n) is 3.01. The number of para-hydroxylation sites is 2. The average molecular weight is 274 g/mol. The number of hydrogen-bond acceptors (Lipinski definition) is 4. The first-order valence-electron chi connectivity index (χ1n) is 7.31. The van der Waals surface area contributed by atoms with Crippen LogP contribution in [0.5, 0.6) is 0 Å². The quantitative estimate of drug-likeness (QED) is 0.935. The molecule has 4 heteroatoms. The molecule has 1 atom stereocenters. The lowest BCUT2D eigenvalue weighted by Crippen LogP contribution is -2.43. The van der Waals surface area contributed by atoms with E-state index in [1.165, 1.54) is 0 Å². The summed E-state index contributed by atoms with van der Waals surface area (Å²) in [5.74, 6) is 1.17. The highest BCUT2D eigenvalue weighted by Gasteiger charge is 2.28. The van der Waals surface area contributed by atoms with E-state index in [-0.39, 0.29) is 0 Å². The molecule has 1 saturated heterocycles. The minimum absolute atomic E-state index is 0.332. The summed E-state index contributed by atoms with van der Waals surface area (Å²) in [6.07, 6.45) is 2.23. The molecule has 0 aliphatic carbocycles. The highest BCUT2D eigenvalue weighted by Crippen LogP contribution is 2.29. The van der Waals surface area contributed by atoms with Gasteiger partial charge in [0.05, 0.1) is 5.60 Å². The summed E-state index contributed by atoms with van der Waals surface area (Å²) in [6, 6.07) is 7.90. The van der Waals surface area contributed by atoms with Crippen LogP contribution in [0.4, 0.5) is 0 Å². The SMILES string of the molecule is CC(C)(O)CN1CCCC(c2nc3ccccc3o2)C1.